The van der Waals surface area contributed by atoms with Crippen molar-refractivity contribution in [2.24, 2.45) is 0 Å². The molecule has 5 nitrogen and oxygen atoms in total. The van der Waals surface area contributed by atoms with Crippen LogP contribution in [0.3, 0.4) is 0 Å². The highest BCUT2D eigenvalue weighted by atomic mass is 32.2. The van der Waals surface area contributed by atoms with Gasteiger partial charge in [0.25, 0.3) is 0 Å². The minimum Gasteiger partial charge on any atom is -0.321 e. The topological polar surface area (TPSA) is 66.5 Å². The van der Waals surface area contributed by atoms with E-state index in [4.69, 9.17) is 0 Å². The Morgan fingerprint density at radius 3 is 2.71 bits per heavy atom. The van der Waals surface area contributed by atoms with E-state index >= 15 is 0 Å². The molecule has 1 aliphatic rings. The SMILES string of the molecule is CCN(C(=O)Nc1ccccc1SC)[C@@H]1CCS(=O)(=O)C1. The van der Waals surface area contributed by atoms with Gasteiger partial charge in [0.1, 0.15) is 0 Å². The number of nitrogens with zero attached hydrogens (tertiary/aromatic N) is 1. The second-order valence-electron chi connectivity index (χ2n) is 4.97. The molecule has 2 amide bonds. The van der Waals surface area contributed by atoms with Crippen LogP contribution < -0.4 is 5.32 Å². The molecule has 0 aromatic heterocycles. The van der Waals surface area contributed by atoms with Gasteiger partial charge in [-0.3, -0.25) is 0 Å². The van der Waals surface area contributed by atoms with Crippen LogP contribution in [0.4, 0.5) is 10.5 Å². The predicted octanol–water partition coefficient (Wildman–Crippen LogP) is 2.45. The molecule has 0 spiro atoms. The molecule has 1 saturated heterocycles. The van der Waals surface area contributed by atoms with E-state index in [1.54, 1.807) is 16.7 Å². The predicted molar refractivity (Wildman–Crippen MR) is 86.7 cm³/mol. The summed E-state index contributed by atoms with van der Waals surface area (Å²) in [5, 5.41) is 2.89. The van der Waals surface area contributed by atoms with Gasteiger partial charge in [-0.05, 0) is 31.7 Å². The molecule has 116 valence electrons. The molecule has 21 heavy (non-hydrogen) atoms. The van der Waals surface area contributed by atoms with Crippen molar-refractivity contribution in [1.82, 2.24) is 4.90 Å². The number of carbonyl (C=O) groups excluding carboxylic acids is 1. The van der Waals surface area contributed by atoms with Gasteiger partial charge in [-0.15, -0.1) is 11.8 Å². The molecule has 0 aliphatic carbocycles. The van der Waals surface area contributed by atoms with Gasteiger partial charge in [-0.1, -0.05) is 12.1 Å². The number of carbonyl (C=O) groups is 1. The summed E-state index contributed by atoms with van der Waals surface area (Å²) >= 11 is 1.56. The molecule has 1 atom stereocenters. The highest BCUT2D eigenvalue weighted by Crippen LogP contribution is 2.25. The molecule has 1 aromatic rings. The Balaban J connectivity index is 2.11. The first-order chi connectivity index (χ1) is 9.96. The summed E-state index contributed by atoms with van der Waals surface area (Å²) < 4.78 is 23.2. The summed E-state index contributed by atoms with van der Waals surface area (Å²) in [7, 11) is -3.00. The van der Waals surface area contributed by atoms with Gasteiger partial charge >= 0.3 is 6.03 Å². The van der Waals surface area contributed by atoms with Crippen LogP contribution in [-0.2, 0) is 9.84 Å². The first-order valence-corrected chi connectivity index (χ1v) is 9.92. The Bertz CT molecular complexity index is 616. The lowest BCUT2D eigenvalue weighted by Crippen LogP contribution is -2.43. The zero-order valence-corrected chi connectivity index (χ0v) is 13.8. The number of urea groups is 1. The molecule has 7 heteroatoms. The Morgan fingerprint density at radius 2 is 2.14 bits per heavy atom. The Morgan fingerprint density at radius 1 is 1.43 bits per heavy atom. The Labute approximate surface area is 130 Å². The van der Waals surface area contributed by atoms with E-state index in [0.29, 0.717) is 13.0 Å². The van der Waals surface area contributed by atoms with Gasteiger partial charge in [-0.2, -0.15) is 0 Å². The lowest BCUT2D eigenvalue weighted by atomic mass is 10.2. The first kappa shape index (κ1) is 16.2. The molecule has 1 aliphatic heterocycles. The molecule has 2 rings (SSSR count). The maximum Gasteiger partial charge on any atom is 0.322 e. The molecule has 0 bridgehead atoms. The van der Waals surface area contributed by atoms with E-state index in [9.17, 15) is 13.2 Å². The molecule has 0 saturated carbocycles. The van der Waals surface area contributed by atoms with Crippen LogP contribution >= 0.6 is 11.8 Å². The van der Waals surface area contributed by atoms with Crippen LogP contribution in [0.2, 0.25) is 0 Å². The van der Waals surface area contributed by atoms with Crippen molar-refractivity contribution in [3.05, 3.63) is 24.3 Å². The lowest BCUT2D eigenvalue weighted by molar-refractivity contribution is 0.197. The summed E-state index contributed by atoms with van der Waals surface area (Å²) in [6, 6.07) is 7.12. The highest BCUT2D eigenvalue weighted by Gasteiger charge is 2.34. The van der Waals surface area contributed by atoms with Gasteiger partial charge in [0.05, 0.1) is 17.2 Å². The number of amides is 2. The minimum atomic E-state index is -3.00. The zero-order valence-electron chi connectivity index (χ0n) is 12.2. The maximum atomic E-state index is 12.4. The van der Waals surface area contributed by atoms with E-state index in [0.717, 1.165) is 10.6 Å². The molecular weight excluding hydrogens is 308 g/mol. The second kappa shape index (κ2) is 6.70. The van der Waals surface area contributed by atoms with Crippen LogP contribution in [0, 0.1) is 0 Å². The number of rotatable bonds is 4. The molecular formula is C14H20N2O3S2. The fraction of sp³-hybridized carbons (Fsp3) is 0.500. The monoisotopic (exact) mass is 328 g/mol. The number of benzene rings is 1. The third kappa shape index (κ3) is 3.91. The summed E-state index contributed by atoms with van der Waals surface area (Å²) in [6.07, 6.45) is 2.47. The van der Waals surface area contributed by atoms with Crippen molar-refractivity contribution in [3.63, 3.8) is 0 Å². The van der Waals surface area contributed by atoms with Crippen molar-refractivity contribution in [2.45, 2.75) is 24.3 Å². The normalized spacial score (nSPS) is 20.2. The zero-order chi connectivity index (χ0) is 15.5. The van der Waals surface area contributed by atoms with Gasteiger partial charge < -0.3 is 10.2 Å². The number of nitrogens with one attached hydrogen (secondary N) is 1. The summed E-state index contributed by atoms with van der Waals surface area (Å²) in [6.45, 7) is 2.36. The van der Waals surface area contributed by atoms with E-state index in [2.05, 4.69) is 5.32 Å². The standard InChI is InChI=1S/C14H20N2O3S2/c1-3-16(11-8-9-21(18,19)10-11)14(17)15-12-6-4-5-7-13(12)20-2/h4-7,11H,3,8-10H2,1-2H3,(H,15,17)/t11-/m1/s1. The summed E-state index contributed by atoms with van der Waals surface area (Å²) in [4.78, 5) is 15.0. The van der Waals surface area contributed by atoms with Crippen LogP contribution in [-0.4, -0.2) is 49.7 Å². The average molecular weight is 328 g/mol. The van der Waals surface area contributed by atoms with Crippen molar-refractivity contribution in [3.8, 4) is 0 Å². The summed E-state index contributed by atoms with van der Waals surface area (Å²) in [5.41, 5.74) is 0.759. The number of para-hydroxylation sites is 1. The smallest absolute Gasteiger partial charge is 0.321 e. The quantitative estimate of drug-likeness (QED) is 0.862. The van der Waals surface area contributed by atoms with Crippen LogP contribution in [0.25, 0.3) is 0 Å². The van der Waals surface area contributed by atoms with Gasteiger partial charge in [-0.25, -0.2) is 13.2 Å². The molecule has 1 fully saturated rings. The van der Waals surface area contributed by atoms with Gasteiger partial charge in [0, 0.05) is 17.5 Å². The number of anilines is 1. The third-order valence-corrected chi connectivity index (χ3v) is 6.15. The third-order valence-electron chi connectivity index (χ3n) is 3.60. The second-order valence-corrected chi connectivity index (χ2v) is 8.05. The highest BCUT2D eigenvalue weighted by molar-refractivity contribution is 7.98. The fourth-order valence-electron chi connectivity index (χ4n) is 2.52. The van der Waals surface area contributed by atoms with Crippen molar-refractivity contribution < 1.29 is 13.2 Å². The molecule has 1 N–H and O–H groups in total. The Kier molecular flexibility index (Phi) is 5.16. The summed E-state index contributed by atoms with van der Waals surface area (Å²) in [5.74, 6) is 0.237. The van der Waals surface area contributed by atoms with Crippen LogP contribution in [0.15, 0.2) is 29.2 Å². The van der Waals surface area contributed by atoms with Gasteiger partial charge in [0.15, 0.2) is 9.84 Å². The van der Waals surface area contributed by atoms with Crippen molar-refractivity contribution >= 4 is 33.3 Å². The van der Waals surface area contributed by atoms with E-state index < -0.39 is 9.84 Å². The van der Waals surface area contributed by atoms with E-state index in [-0.39, 0.29) is 23.6 Å². The van der Waals surface area contributed by atoms with Crippen molar-refractivity contribution in [2.75, 3.05) is 29.6 Å². The molecule has 0 radical (unpaired) electrons. The van der Waals surface area contributed by atoms with Crippen molar-refractivity contribution in [1.29, 1.82) is 0 Å². The Hall–Kier alpha value is -1.21. The number of hydrogen-bond donors (Lipinski definition) is 1. The van der Waals surface area contributed by atoms with Crippen LogP contribution in [0.1, 0.15) is 13.3 Å². The largest absolute Gasteiger partial charge is 0.322 e. The van der Waals surface area contributed by atoms with E-state index in [1.807, 2.05) is 37.4 Å². The number of sulfone groups is 1. The van der Waals surface area contributed by atoms with Gasteiger partial charge in [0.2, 0.25) is 0 Å². The molecule has 1 heterocycles. The number of hydrogen-bond acceptors (Lipinski definition) is 4. The molecule has 1 aromatic carbocycles. The lowest BCUT2D eigenvalue weighted by Gasteiger charge is -2.27. The fourth-order valence-corrected chi connectivity index (χ4v) is 4.81. The molecule has 0 unspecified atom stereocenters. The minimum absolute atomic E-state index is 0.0679. The first-order valence-electron chi connectivity index (χ1n) is 6.88. The number of thioether (sulfide) groups is 1. The van der Waals surface area contributed by atoms with E-state index in [1.165, 1.54) is 0 Å². The maximum absolute atomic E-state index is 12.4. The van der Waals surface area contributed by atoms with Crippen LogP contribution in [0.5, 0.6) is 0 Å². The average Bonchev–Trinajstić information content (AvgIpc) is 2.80.